The minimum absolute atomic E-state index is 0.260. The van der Waals surface area contributed by atoms with E-state index in [-0.39, 0.29) is 5.95 Å². The number of imidazole rings is 2. The number of aromatic amines is 2. The first kappa shape index (κ1) is 21.0. The molecule has 0 unspecified atom stereocenters. The maximum absolute atomic E-state index is 5.66. The Balaban J connectivity index is 0.000000142. The number of nitrogen functional groups attached to an aromatic ring is 1. The topological polar surface area (TPSA) is 147 Å². The van der Waals surface area contributed by atoms with Crippen LogP contribution in [0.3, 0.4) is 0 Å². The SMILES string of the molecule is Nc1nc(Cc2ccccc2)c2[nH]cnc2n1.c1ccc(CNc2ncnc3nc[nH]c23)cc1. The third-order valence-electron chi connectivity index (χ3n) is 5.12. The number of nitrogens with one attached hydrogen (secondary N) is 3. The van der Waals surface area contributed by atoms with E-state index >= 15 is 0 Å². The molecule has 10 heteroatoms. The van der Waals surface area contributed by atoms with Gasteiger partial charge in [0.1, 0.15) is 17.4 Å². The van der Waals surface area contributed by atoms with Gasteiger partial charge in [-0.3, -0.25) is 0 Å². The van der Waals surface area contributed by atoms with Gasteiger partial charge in [-0.05, 0) is 11.1 Å². The zero-order valence-electron chi connectivity index (χ0n) is 18.2. The lowest BCUT2D eigenvalue weighted by atomic mass is 10.1. The van der Waals surface area contributed by atoms with Crippen LogP contribution in [-0.2, 0) is 13.0 Å². The molecule has 6 aromatic rings. The molecule has 4 aromatic heterocycles. The van der Waals surface area contributed by atoms with E-state index in [4.69, 9.17) is 5.73 Å². The summed E-state index contributed by atoms with van der Waals surface area (Å²) < 4.78 is 0. The Morgan fingerprint density at radius 3 is 2.15 bits per heavy atom. The van der Waals surface area contributed by atoms with Crippen molar-refractivity contribution in [1.29, 1.82) is 0 Å². The van der Waals surface area contributed by atoms with E-state index < -0.39 is 0 Å². The number of fused-ring (bicyclic) bond motifs is 2. The number of benzene rings is 2. The summed E-state index contributed by atoms with van der Waals surface area (Å²) in [5.41, 5.74) is 11.9. The van der Waals surface area contributed by atoms with Crippen LogP contribution in [0.4, 0.5) is 11.8 Å². The minimum atomic E-state index is 0.260. The number of H-pyrrole nitrogens is 2. The molecule has 0 fully saturated rings. The standard InChI is InChI=1S/2C12H11N5/c1-2-4-9(5-3-1)6-13-11-10-12(15-7-14-10)17-8-16-11;13-12-16-9(6-8-4-2-1-3-5-8)10-11(17-12)15-7-14-10/h1-5,7-8H,6H2,(H2,13,14,15,16,17);1-5,7H,6H2,(H3,13,14,15,16,17). The number of rotatable bonds is 5. The molecule has 6 rings (SSSR count). The van der Waals surface area contributed by atoms with Gasteiger partial charge in [0.15, 0.2) is 17.1 Å². The Morgan fingerprint density at radius 1 is 0.706 bits per heavy atom. The normalized spacial score (nSPS) is 10.7. The maximum atomic E-state index is 5.66. The van der Waals surface area contributed by atoms with Crippen molar-refractivity contribution >= 4 is 34.1 Å². The zero-order valence-corrected chi connectivity index (χ0v) is 18.2. The quantitative estimate of drug-likeness (QED) is 0.312. The molecule has 0 saturated carbocycles. The van der Waals surface area contributed by atoms with Gasteiger partial charge >= 0.3 is 0 Å². The van der Waals surface area contributed by atoms with Crippen LogP contribution in [0.1, 0.15) is 16.8 Å². The molecule has 0 spiro atoms. The number of aromatic nitrogens is 8. The van der Waals surface area contributed by atoms with Gasteiger partial charge in [-0.25, -0.2) is 24.9 Å². The van der Waals surface area contributed by atoms with E-state index in [9.17, 15) is 0 Å². The summed E-state index contributed by atoms with van der Waals surface area (Å²) in [6, 6.07) is 20.3. The Labute approximate surface area is 194 Å². The average Bonchev–Trinajstić information content (AvgIpc) is 3.54. The van der Waals surface area contributed by atoms with Crippen LogP contribution in [0.25, 0.3) is 22.3 Å². The highest BCUT2D eigenvalue weighted by Crippen LogP contribution is 2.17. The van der Waals surface area contributed by atoms with Crippen molar-refractivity contribution in [2.24, 2.45) is 0 Å². The lowest BCUT2D eigenvalue weighted by Crippen LogP contribution is -2.02. The first-order valence-corrected chi connectivity index (χ1v) is 10.7. The number of hydrogen-bond acceptors (Lipinski definition) is 8. The van der Waals surface area contributed by atoms with Gasteiger partial charge in [0, 0.05) is 13.0 Å². The summed E-state index contributed by atoms with van der Waals surface area (Å²) in [5, 5.41) is 3.27. The highest BCUT2D eigenvalue weighted by molar-refractivity contribution is 5.81. The molecular weight excluding hydrogens is 428 g/mol. The second kappa shape index (κ2) is 9.74. The van der Waals surface area contributed by atoms with Gasteiger partial charge < -0.3 is 21.0 Å². The molecule has 0 aliphatic heterocycles. The van der Waals surface area contributed by atoms with Crippen molar-refractivity contribution in [2.45, 2.75) is 13.0 Å². The molecule has 0 aliphatic carbocycles. The monoisotopic (exact) mass is 450 g/mol. The fourth-order valence-corrected chi connectivity index (χ4v) is 3.51. The lowest BCUT2D eigenvalue weighted by molar-refractivity contribution is 1.06. The number of nitrogens with two attached hydrogens (primary N) is 1. The molecular formula is C24H22N10. The van der Waals surface area contributed by atoms with Gasteiger partial charge in [-0.1, -0.05) is 60.7 Å². The molecule has 0 atom stereocenters. The van der Waals surface area contributed by atoms with Crippen molar-refractivity contribution in [2.75, 3.05) is 11.1 Å². The van der Waals surface area contributed by atoms with Crippen molar-refractivity contribution in [3.8, 4) is 0 Å². The van der Waals surface area contributed by atoms with E-state index in [1.165, 1.54) is 17.5 Å². The van der Waals surface area contributed by atoms with E-state index in [2.05, 4.69) is 69.5 Å². The fraction of sp³-hybridized carbons (Fsp3) is 0.0833. The van der Waals surface area contributed by atoms with Gasteiger partial charge in [0.25, 0.3) is 0 Å². The van der Waals surface area contributed by atoms with E-state index in [1.807, 2.05) is 36.4 Å². The Hall–Kier alpha value is -4.86. The highest BCUT2D eigenvalue weighted by atomic mass is 15.1. The Morgan fingerprint density at radius 2 is 1.38 bits per heavy atom. The van der Waals surface area contributed by atoms with Gasteiger partial charge in [-0.15, -0.1) is 0 Å². The molecule has 4 heterocycles. The molecule has 34 heavy (non-hydrogen) atoms. The fourth-order valence-electron chi connectivity index (χ4n) is 3.51. The Kier molecular flexibility index (Phi) is 6.02. The third kappa shape index (κ3) is 4.80. The average molecular weight is 451 g/mol. The van der Waals surface area contributed by atoms with Crippen molar-refractivity contribution in [3.05, 3.63) is 96.5 Å². The van der Waals surface area contributed by atoms with Crippen molar-refractivity contribution in [1.82, 2.24) is 39.9 Å². The van der Waals surface area contributed by atoms with E-state index in [1.54, 1.807) is 12.7 Å². The second-order valence-corrected chi connectivity index (χ2v) is 7.45. The predicted molar refractivity (Wildman–Crippen MR) is 131 cm³/mol. The summed E-state index contributed by atoms with van der Waals surface area (Å²) in [5.74, 6) is 1.03. The largest absolute Gasteiger partial charge is 0.368 e. The summed E-state index contributed by atoms with van der Waals surface area (Å²) in [7, 11) is 0. The molecule has 0 saturated heterocycles. The maximum Gasteiger partial charge on any atom is 0.222 e. The number of hydrogen-bond donors (Lipinski definition) is 4. The number of nitrogens with zero attached hydrogens (tertiary/aromatic N) is 6. The first-order valence-electron chi connectivity index (χ1n) is 10.7. The molecule has 2 aromatic carbocycles. The molecule has 168 valence electrons. The summed E-state index contributed by atoms with van der Waals surface area (Å²) in [6.07, 6.45) is 5.45. The highest BCUT2D eigenvalue weighted by Gasteiger charge is 2.09. The third-order valence-corrected chi connectivity index (χ3v) is 5.12. The van der Waals surface area contributed by atoms with E-state index in [0.29, 0.717) is 17.7 Å². The van der Waals surface area contributed by atoms with Crippen LogP contribution < -0.4 is 11.1 Å². The van der Waals surface area contributed by atoms with E-state index in [0.717, 1.165) is 29.1 Å². The van der Waals surface area contributed by atoms with Crippen LogP contribution in [0.5, 0.6) is 0 Å². The molecule has 0 aliphatic rings. The first-order chi connectivity index (χ1) is 16.8. The molecule has 0 amide bonds. The van der Waals surface area contributed by atoms with Crippen molar-refractivity contribution in [3.63, 3.8) is 0 Å². The zero-order chi connectivity index (χ0) is 23.2. The van der Waals surface area contributed by atoms with Crippen LogP contribution in [-0.4, -0.2) is 39.9 Å². The molecule has 0 radical (unpaired) electrons. The van der Waals surface area contributed by atoms with Gasteiger partial charge in [0.05, 0.1) is 18.3 Å². The number of anilines is 2. The minimum Gasteiger partial charge on any atom is -0.368 e. The van der Waals surface area contributed by atoms with Crippen LogP contribution >= 0.6 is 0 Å². The van der Waals surface area contributed by atoms with Gasteiger partial charge in [0.2, 0.25) is 5.95 Å². The predicted octanol–water partition coefficient (Wildman–Crippen LogP) is 3.49. The van der Waals surface area contributed by atoms with Crippen LogP contribution in [0.2, 0.25) is 0 Å². The van der Waals surface area contributed by atoms with Crippen molar-refractivity contribution < 1.29 is 0 Å². The van der Waals surface area contributed by atoms with Crippen LogP contribution in [0.15, 0.2) is 79.6 Å². The van der Waals surface area contributed by atoms with Gasteiger partial charge in [-0.2, -0.15) is 4.98 Å². The summed E-state index contributed by atoms with van der Waals surface area (Å²) >= 11 is 0. The second-order valence-electron chi connectivity index (χ2n) is 7.45. The summed E-state index contributed by atoms with van der Waals surface area (Å²) in [4.78, 5) is 30.8. The molecule has 5 N–H and O–H groups in total. The van der Waals surface area contributed by atoms with Crippen LogP contribution in [0, 0.1) is 0 Å². The molecule has 10 nitrogen and oxygen atoms in total. The summed E-state index contributed by atoms with van der Waals surface area (Å²) in [6.45, 7) is 0.728. The Bertz CT molecular complexity index is 1490. The molecule has 0 bridgehead atoms. The lowest BCUT2D eigenvalue weighted by Gasteiger charge is -2.05. The smallest absolute Gasteiger partial charge is 0.222 e.